The van der Waals surface area contributed by atoms with Crippen molar-refractivity contribution in [3.05, 3.63) is 12.2 Å². The van der Waals surface area contributed by atoms with Crippen LogP contribution in [0.4, 0.5) is 0 Å². The van der Waals surface area contributed by atoms with Crippen LogP contribution in [0.15, 0.2) is 12.2 Å². The molecule has 232 valence electrons. The molecule has 0 radical (unpaired) electrons. The first-order chi connectivity index (χ1) is 19.1. The zero-order valence-electron chi connectivity index (χ0n) is 27.3. The summed E-state index contributed by atoms with van der Waals surface area (Å²) < 4.78 is 0. The molecule has 0 spiro atoms. The Morgan fingerprint density at radius 3 is 1.64 bits per heavy atom. The number of hydrogen-bond donors (Lipinski definition) is 0. The Balaban J connectivity index is 4.95. The van der Waals surface area contributed by atoms with E-state index in [1.54, 1.807) is 0 Å². The second-order valence-corrected chi connectivity index (χ2v) is 12.0. The van der Waals surface area contributed by atoms with Gasteiger partial charge in [0.05, 0.1) is 12.6 Å². The lowest BCUT2D eigenvalue weighted by molar-refractivity contribution is -0.202. The molecule has 0 N–H and O–H groups in total. The SMILES string of the molecule is CCCCCC/C=C\CCON(C(=O)CCCCN(C)C)C(CCCCCCC)CCCCCCCCCC. The first kappa shape index (κ1) is 38.1. The molecule has 0 aromatic rings. The van der Waals surface area contributed by atoms with Crippen molar-refractivity contribution in [2.75, 3.05) is 27.2 Å². The smallest absolute Gasteiger partial charge is 0.246 e. The molecule has 0 fully saturated rings. The quantitative estimate of drug-likeness (QED) is 0.0506. The van der Waals surface area contributed by atoms with Gasteiger partial charge in [-0.05, 0) is 65.6 Å². The van der Waals surface area contributed by atoms with E-state index in [1.807, 2.05) is 5.06 Å². The van der Waals surface area contributed by atoms with Crippen molar-refractivity contribution in [3.8, 4) is 0 Å². The molecule has 0 aliphatic rings. The number of carbonyl (C=O) groups excluding carboxylic acids is 1. The van der Waals surface area contributed by atoms with Crippen LogP contribution in [0.5, 0.6) is 0 Å². The minimum Gasteiger partial charge on any atom is -0.309 e. The van der Waals surface area contributed by atoms with Crippen LogP contribution in [0.2, 0.25) is 0 Å². The fourth-order valence-electron chi connectivity index (χ4n) is 5.22. The predicted octanol–water partition coefficient (Wildman–Crippen LogP) is 10.7. The van der Waals surface area contributed by atoms with Crippen LogP contribution < -0.4 is 0 Å². The maximum Gasteiger partial charge on any atom is 0.246 e. The maximum absolute atomic E-state index is 13.4. The van der Waals surface area contributed by atoms with Gasteiger partial charge in [0, 0.05) is 6.42 Å². The highest BCUT2D eigenvalue weighted by Gasteiger charge is 2.24. The van der Waals surface area contributed by atoms with Gasteiger partial charge >= 0.3 is 0 Å². The maximum atomic E-state index is 13.4. The van der Waals surface area contributed by atoms with Crippen molar-refractivity contribution in [1.29, 1.82) is 0 Å². The minimum absolute atomic E-state index is 0.204. The van der Waals surface area contributed by atoms with Crippen molar-refractivity contribution in [1.82, 2.24) is 9.96 Å². The van der Waals surface area contributed by atoms with E-state index in [0.717, 1.165) is 45.1 Å². The first-order valence-electron chi connectivity index (χ1n) is 17.3. The summed E-state index contributed by atoms with van der Waals surface area (Å²) in [5, 5.41) is 1.85. The summed E-state index contributed by atoms with van der Waals surface area (Å²) in [4.78, 5) is 22.0. The average molecular weight is 551 g/mol. The first-order valence-corrected chi connectivity index (χ1v) is 17.3. The summed E-state index contributed by atoms with van der Waals surface area (Å²) in [5.41, 5.74) is 0. The van der Waals surface area contributed by atoms with Crippen LogP contribution in [0.3, 0.4) is 0 Å². The van der Waals surface area contributed by atoms with E-state index < -0.39 is 0 Å². The standard InChI is InChI=1S/C35H70N2O2/c1-6-9-12-15-17-19-22-25-30-34(29-24-21-14-11-8-3)37(35(38)31-26-27-32-36(4)5)39-33-28-23-20-18-16-13-10-7-2/h20,23,34H,6-19,21-22,24-33H2,1-5H3/b23-20-. The Morgan fingerprint density at radius 1 is 0.615 bits per heavy atom. The predicted molar refractivity (Wildman–Crippen MR) is 172 cm³/mol. The van der Waals surface area contributed by atoms with E-state index >= 15 is 0 Å². The number of rotatable bonds is 30. The van der Waals surface area contributed by atoms with Crippen molar-refractivity contribution >= 4 is 5.91 Å². The molecule has 1 amide bonds. The molecule has 0 bridgehead atoms. The van der Waals surface area contributed by atoms with E-state index in [9.17, 15) is 4.79 Å². The van der Waals surface area contributed by atoms with Gasteiger partial charge in [0.15, 0.2) is 0 Å². The molecule has 0 aromatic carbocycles. The molecule has 1 unspecified atom stereocenters. The van der Waals surface area contributed by atoms with E-state index in [0.29, 0.717) is 13.0 Å². The third-order valence-corrected chi connectivity index (χ3v) is 7.76. The number of carbonyl (C=O) groups is 1. The molecule has 0 saturated heterocycles. The number of hydrogen-bond acceptors (Lipinski definition) is 3. The summed E-state index contributed by atoms with van der Waals surface area (Å²) >= 11 is 0. The second-order valence-electron chi connectivity index (χ2n) is 12.0. The highest BCUT2D eigenvalue weighted by Crippen LogP contribution is 2.21. The zero-order valence-corrected chi connectivity index (χ0v) is 27.3. The lowest BCUT2D eigenvalue weighted by atomic mass is 9.99. The van der Waals surface area contributed by atoms with Crippen LogP contribution in [0.1, 0.15) is 175 Å². The summed E-state index contributed by atoms with van der Waals surface area (Å²) in [5.74, 6) is 0.204. The Hall–Kier alpha value is -0.870. The van der Waals surface area contributed by atoms with Gasteiger partial charge in [0.2, 0.25) is 5.91 Å². The number of nitrogens with zero attached hydrogens (tertiary/aromatic N) is 2. The zero-order chi connectivity index (χ0) is 28.8. The van der Waals surface area contributed by atoms with E-state index in [1.165, 1.54) is 109 Å². The largest absolute Gasteiger partial charge is 0.309 e. The summed E-state index contributed by atoms with van der Waals surface area (Å²) in [6.07, 6.45) is 33.6. The van der Waals surface area contributed by atoms with Gasteiger partial charge in [-0.25, -0.2) is 5.06 Å². The topological polar surface area (TPSA) is 32.8 Å². The molecule has 1 atom stereocenters. The van der Waals surface area contributed by atoms with Crippen LogP contribution in [0, 0.1) is 0 Å². The van der Waals surface area contributed by atoms with Crippen molar-refractivity contribution in [2.24, 2.45) is 0 Å². The molecule has 4 heteroatoms. The van der Waals surface area contributed by atoms with Gasteiger partial charge in [-0.15, -0.1) is 0 Å². The van der Waals surface area contributed by atoms with Crippen molar-refractivity contribution in [3.63, 3.8) is 0 Å². The Morgan fingerprint density at radius 2 is 1.10 bits per heavy atom. The molecule has 0 rings (SSSR count). The third kappa shape index (κ3) is 25.8. The van der Waals surface area contributed by atoms with Crippen LogP contribution in [0.25, 0.3) is 0 Å². The fraction of sp³-hybridized carbons (Fsp3) is 0.914. The Kier molecular flexibility index (Phi) is 29.4. The van der Waals surface area contributed by atoms with Crippen LogP contribution in [-0.4, -0.2) is 49.2 Å². The lowest BCUT2D eigenvalue weighted by Crippen LogP contribution is -2.40. The van der Waals surface area contributed by atoms with Gasteiger partial charge in [-0.1, -0.05) is 136 Å². The molecule has 39 heavy (non-hydrogen) atoms. The highest BCUT2D eigenvalue weighted by atomic mass is 16.7. The Labute approximate surface area is 245 Å². The molecule has 0 aromatic heterocycles. The summed E-state index contributed by atoms with van der Waals surface area (Å²) in [6.45, 7) is 8.46. The fourth-order valence-corrected chi connectivity index (χ4v) is 5.22. The minimum atomic E-state index is 0.204. The normalized spacial score (nSPS) is 12.6. The second kappa shape index (κ2) is 30.1. The van der Waals surface area contributed by atoms with Crippen molar-refractivity contribution in [2.45, 2.75) is 181 Å². The molecule has 0 heterocycles. The summed E-state index contributed by atoms with van der Waals surface area (Å²) in [6, 6.07) is 0.228. The summed E-state index contributed by atoms with van der Waals surface area (Å²) in [7, 11) is 4.21. The monoisotopic (exact) mass is 551 g/mol. The molecular formula is C35H70N2O2. The van der Waals surface area contributed by atoms with Gasteiger partial charge in [0.25, 0.3) is 0 Å². The van der Waals surface area contributed by atoms with Gasteiger partial charge in [-0.2, -0.15) is 0 Å². The van der Waals surface area contributed by atoms with Gasteiger partial charge in [0.1, 0.15) is 0 Å². The highest BCUT2D eigenvalue weighted by molar-refractivity contribution is 5.75. The number of amides is 1. The number of hydroxylamine groups is 2. The molecule has 0 aliphatic heterocycles. The molecule has 0 saturated carbocycles. The average Bonchev–Trinajstić information content (AvgIpc) is 2.92. The van der Waals surface area contributed by atoms with E-state index in [-0.39, 0.29) is 11.9 Å². The Bertz CT molecular complexity index is 535. The molecular weight excluding hydrogens is 480 g/mol. The van der Waals surface area contributed by atoms with Gasteiger partial charge < -0.3 is 4.90 Å². The van der Waals surface area contributed by atoms with Crippen LogP contribution >= 0.6 is 0 Å². The molecule has 0 aliphatic carbocycles. The number of allylic oxidation sites excluding steroid dienone is 1. The van der Waals surface area contributed by atoms with Crippen molar-refractivity contribution < 1.29 is 9.63 Å². The third-order valence-electron chi connectivity index (χ3n) is 7.76. The van der Waals surface area contributed by atoms with E-state index in [4.69, 9.17) is 4.84 Å². The van der Waals surface area contributed by atoms with Gasteiger partial charge in [-0.3, -0.25) is 9.63 Å². The number of unbranched alkanes of at least 4 members (excludes halogenated alkanes) is 16. The van der Waals surface area contributed by atoms with E-state index in [2.05, 4.69) is 51.9 Å². The molecule has 4 nitrogen and oxygen atoms in total. The lowest BCUT2D eigenvalue weighted by Gasteiger charge is -2.31. The van der Waals surface area contributed by atoms with Crippen LogP contribution in [-0.2, 0) is 9.63 Å².